The van der Waals surface area contributed by atoms with Gasteiger partial charge in [0, 0.05) is 23.9 Å². The zero-order chi connectivity index (χ0) is 11.3. The lowest BCUT2D eigenvalue weighted by atomic mass is 10.4. The molecule has 0 radical (unpaired) electrons. The molecule has 0 fully saturated rings. The number of hydrogen-bond acceptors (Lipinski definition) is 4. The molecule has 2 amide bonds. The number of halogens is 1. The van der Waals surface area contributed by atoms with Gasteiger partial charge in [-0.3, -0.25) is 4.72 Å². The van der Waals surface area contributed by atoms with Crippen LogP contribution in [-0.2, 0) is 6.54 Å². The van der Waals surface area contributed by atoms with Crippen LogP contribution in [0.5, 0.6) is 0 Å². The molecule has 0 unspecified atom stereocenters. The summed E-state index contributed by atoms with van der Waals surface area (Å²) in [7, 11) is 0. The van der Waals surface area contributed by atoms with Crippen LogP contribution in [0, 0.1) is 0 Å². The van der Waals surface area contributed by atoms with Crippen molar-refractivity contribution < 1.29 is 4.79 Å². The first-order chi connectivity index (χ1) is 7.17. The molecule has 7 heteroatoms. The average Bonchev–Trinajstić information content (AvgIpc) is 2.61. The number of carbonyl (C=O) groups is 1. The van der Waals surface area contributed by atoms with Gasteiger partial charge in [0.2, 0.25) is 0 Å². The SMILES string of the molecule is CCN(Cc1cnc(Cl)s1)C(=O)NSC. The molecule has 0 aromatic carbocycles. The zero-order valence-corrected chi connectivity index (χ0v) is 10.9. The number of carbonyl (C=O) groups excluding carboxylic acids is 1. The molecule has 15 heavy (non-hydrogen) atoms. The molecule has 1 rings (SSSR count). The largest absolute Gasteiger partial charge is 0.327 e. The number of nitrogens with zero attached hydrogens (tertiary/aromatic N) is 2. The van der Waals surface area contributed by atoms with Crippen LogP contribution >= 0.6 is 34.9 Å². The van der Waals surface area contributed by atoms with Crippen LogP contribution in [0.15, 0.2) is 6.20 Å². The van der Waals surface area contributed by atoms with E-state index in [1.807, 2.05) is 13.2 Å². The summed E-state index contributed by atoms with van der Waals surface area (Å²) in [4.78, 5) is 18.1. The fourth-order valence-electron chi connectivity index (χ4n) is 1.02. The maximum atomic E-state index is 11.5. The predicted molar refractivity (Wildman–Crippen MR) is 65.3 cm³/mol. The summed E-state index contributed by atoms with van der Waals surface area (Å²) in [5.74, 6) is 0. The Hall–Kier alpha value is -0.460. The van der Waals surface area contributed by atoms with Crippen molar-refractivity contribution in [2.24, 2.45) is 0 Å². The van der Waals surface area contributed by atoms with Crippen molar-refractivity contribution in [1.29, 1.82) is 0 Å². The van der Waals surface area contributed by atoms with Gasteiger partial charge in [-0.1, -0.05) is 23.5 Å². The Balaban J connectivity index is 2.57. The van der Waals surface area contributed by atoms with Gasteiger partial charge in [0.05, 0.1) is 6.54 Å². The molecule has 0 aliphatic heterocycles. The van der Waals surface area contributed by atoms with Gasteiger partial charge in [0.15, 0.2) is 4.47 Å². The first-order valence-electron chi connectivity index (χ1n) is 4.35. The van der Waals surface area contributed by atoms with Gasteiger partial charge in [-0.25, -0.2) is 9.78 Å². The minimum absolute atomic E-state index is 0.0884. The van der Waals surface area contributed by atoms with Gasteiger partial charge >= 0.3 is 6.03 Å². The van der Waals surface area contributed by atoms with Gasteiger partial charge in [-0.05, 0) is 6.92 Å². The van der Waals surface area contributed by atoms with Gasteiger partial charge in [-0.2, -0.15) is 0 Å². The summed E-state index contributed by atoms with van der Waals surface area (Å²) in [5.41, 5.74) is 0. The fourth-order valence-corrected chi connectivity index (χ4v) is 2.32. The summed E-state index contributed by atoms with van der Waals surface area (Å²) >= 11 is 8.39. The smallest absolute Gasteiger partial charge is 0.319 e. The Labute approximate surface area is 102 Å². The summed E-state index contributed by atoms with van der Waals surface area (Å²) < 4.78 is 3.18. The third-order valence-corrected chi connectivity index (χ3v) is 3.21. The van der Waals surface area contributed by atoms with Crippen molar-refractivity contribution in [3.63, 3.8) is 0 Å². The van der Waals surface area contributed by atoms with Gasteiger partial charge in [-0.15, -0.1) is 11.3 Å². The summed E-state index contributed by atoms with van der Waals surface area (Å²) in [5, 5.41) is 0. The normalized spacial score (nSPS) is 10.1. The Morgan fingerprint density at radius 2 is 2.53 bits per heavy atom. The van der Waals surface area contributed by atoms with E-state index >= 15 is 0 Å². The molecule has 84 valence electrons. The lowest BCUT2D eigenvalue weighted by Gasteiger charge is -2.19. The number of rotatable bonds is 4. The van der Waals surface area contributed by atoms with Crippen LogP contribution in [0.4, 0.5) is 4.79 Å². The molecule has 1 heterocycles. The minimum Gasteiger partial charge on any atom is -0.319 e. The van der Waals surface area contributed by atoms with Crippen molar-refractivity contribution >= 4 is 40.9 Å². The van der Waals surface area contributed by atoms with Gasteiger partial charge in [0.1, 0.15) is 0 Å². The van der Waals surface area contributed by atoms with Crippen LogP contribution in [-0.4, -0.2) is 28.7 Å². The monoisotopic (exact) mass is 265 g/mol. The Bertz CT molecular complexity index is 331. The van der Waals surface area contributed by atoms with Crippen molar-refractivity contribution in [3.05, 3.63) is 15.5 Å². The minimum atomic E-state index is -0.0884. The lowest BCUT2D eigenvalue weighted by Crippen LogP contribution is -2.35. The quantitative estimate of drug-likeness (QED) is 0.852. The second-order valence-corrected chi connectivity index (χ2v) is 5.01. The Morgan fingerprint density at radius 3 is 3.00 bits per heavy atom. The number of nitrogens with one attached hydrogen (secondary N) is 1. The lowest BCUT2D eigenvalue weighted by molar-refractivity contribution is 0.205. The molecule has 0 aliphatic rings. The zero-order valence-electron chi connectivity index (χ0n) is 8.49. The molecular weight excluding hydrogens is 254 g/mol. The highest BCUT2D eigenvalue weighted by molar-refractivity contribution is 7.97. The summed E-state index contributed by atoms with van der Waals surface area (Å²) in [6.45, 7) is 3.14. The highest BCUT2D eigenvalue weighted by Crippen LogP contribution is 2.19. The van der Waals surface area contributed by atoms with Crippen LogP contribution in [0.3, 0.4) is 0 Å². The first kappa shape index (κ1) is 12.6. The van der Waals surface area contributed by atoms with Crippen molar-refractivity contribution in [1.82, 2.24) is 14.6 Å². The van der Waals surface area contributed by atoms with Crippen LogP contribution in [0.25, 0.3) is 0 Å². The fraction of sp³-hybridized carbons (Fsp3) is 0.500. The van der Waals surface area contributed by atoms with Crippen LogP contribution in [0.2, 0.25) is 4.47 Å². The summed E-state index contributed by atoms with van der Waals surface area (Å²) in [6, 6.07) is -0.0884. The van der Waals surface area contributed by atoms with E-state index in [2.05, 4.69) is 9.71 Å². The van der Waals surface area contributed by atoms with E-state index in [4.69, 9.17) is 11.6 Å². The average molecular weight is 266 g/mol. The van der Waals surface area contributed by atoms with E-state index in [-0.39, 0.29) is 6.03 Å². The molecule has 0 saturated heterocycles. The molecule has 0 spiro atoms. The van der Waals surface area contributed by atoms with E-state index in [1.54, 1.807) is 11.1 Å². The van der Waals surface area contributed by atoms with Crippen LogP contribution in [0.1, 0.15) is 11.8 Å². The third kappa shape index (κ3) is 3.89. The van der Waals surface area contributed by atoms with Gasteiger partial charge in [0.25, 0.3) is 0 Å². The van der Waals surface area contributed by atoms with Crippen molar-refractivity contribution in [3.8, 4) is 0 Å². The van der Waals surface area contributed by atoms with E-state index in [9.17, 15) is 4.79 Å². The predicted octanol–water partition coefficient (Wildman–Crippen LogP) is 2.61. The standard InChI is InChI=1S/C8H12ClN3OS2/c1-3-12(8(13)11-14-2)5-6-4-10-7(9)15-6/h4H,3,5H2,1-2H3,(H,11,13). The Kier molecular flexibility index (Phi) is 5.21. The first-order valence-corrected chi connectivity index (χ1v) is 6.77. The van der Waals surface area contributed by atoms with Crippen LogP contribution < -0.4 is 4.72 Å². The number of hydrogen-bond donors (Lipinski definition) is 1. The second-order valence-electron chi connectivity index (χ2n) is 2.71. The number of amides is 2. The highest BCUT2D eigenvalue weighted by atomic mass is 35.5. The maximum Gasteiger partial charge on any atom is 0.327 e. The van der Waals surface area contributed by atoms with E-state index < -0.39 is 0 Å². The maximum absolute atomic E-state index is 11.5. The molecule has 1 aromatic rings. The molecule has 1 aromatic heterocycles. The topological polar surface area (TPSA) is 45.2 Å². The van der Waals surface area contributed by atoms with E-state index in [0.717, 1.165) is 4.88 Å². The molecule has 0 saturated carbocycles. The number of thiazole rings is 1. The molecule has 0 atom stereocenters. The third-order valence-electron chi connectivity index (χ3n) is 1.73. The van der Waals surface area contributed by atoms with E-state index in [1.165, 1.54) is 23.3 Å². The second kappa shape index (κ2) is 6.19. The molecule has 0 aliphatic carbocycles. The number of urea groups is 1. The van der Waals surface area contributed by atoms with E-state index in [0.29, 0.717) is 17.6 Å². The van der Waals surface area contributed by atoms with Gasteiger partial charge < -0.3 is 4.90 Å². The van der Waals surface area contributed by atoms with Crippen molar-refractivity contribution in [2.75, 3.05) is 12.8 Å². The molecule has 4 nitrogen and oxygen atoms in total. The number of aromatic nitrogens is 1. The summed E-state index contributed by atoms with van der Waals surface area (Å²) in [6.07, 6.45) is 3.51. The molecule has 0 bridgehead atoms. The highest BCUT2D eigenvalue weighted by Gasteiger charge is 2.12. The molecular formula is C8H12ClN3OS2. The Morgan fingerprint density at radius 1 is 1.80 bits per heavy atom. The van der Waals surface area contributed by atoms with Crippen molar-refractivity contribution in [2.45, 2.75) is 13.5 Å². The molecule has 1 N–H and O–H groups in total.